The van der Waals surface area contributed by atoms with Crippen molar-refractivity contribution in [3.05, 3.63) is 41.0 Å². The number of hydrogen-bond donors (Lipinski definition) is 2. The van der Waals surface area contributed by atoms with Gasteiger partial charge in [0.05, 0.1) is 17.6 Å². The van der Waals surface area contributed by atoms with E-state index in [0.717, 1.165) is 4.68 Å². The lowest BCUT2D eigenvalue weighted by Gasteiger charge is -2.09. The monoisotopic (exact) mass is 329 g/mol. The fourth-order valence-electron chi connectivity index (χ4n) is 1.77. The van der Waals surface area contributed by atoms with Gasteiger partial charge in [0.25, 0.3) is 10.0 Å². The first-order valence-corrected chi connectivity index (χ1v) is 7.67. The molecule has 1 aromatic carbocycles. The van der Waals surface area contributed by atoms with Gasteiger partial charge in [-0.3, -0.25) is 14.2 Å². The Balaban J connectivity index is 2.23. The first kappa shape index (κ1) is 15.3. The number of aryl methyl sites for hydroxylation is 1. The van der Waals surface area contributed by atoms with Gasteiger partial charge in [-0.2, -0.15) is 13.5 Å². The van der Waals surface area contributed by atoms with Gasteiger partial charge in [0.2, 0.25) is 0 Å². The predicted octanol–water partition coefficient (Wildman–Crippen LogP) is 1.50. The molecule has 2 N–H and O–H groups in total. The molecule has 0 aliphatic heterocycles. The van der Waals surface area contributed by atoms with Crippen LogP contribution in [0.25, 0.3) is 0 Å². The molecule has 112 valence electrons. The van der Waals surface area contributed by atoms with Gasteiger partial charge in [0.15, 0.2) is 5.03 Å². The third-order valence-electron chi connectivity index (χ3n) is 2.66. The minimum Gasteiger partial charge on any atom is -0.481 e. The van der Waals surface area contributed by atoms with E-state index in [0.29, 0.717) is 11.3 Å². The van der Waals surface area contributed by atoms with Crippen LogP contribution >= 0.6 is 11.6 Å². The lowest BCUT2D eigenvalue weighted by molar-refractivity contribution is -0.136. The van der Waals surface area contributed by atoms with Crippen molar-refractivity contribution in [3.8, 4) is 0 Å². The van der Waals surface area contributed by atoms with E-state index in [9.17, 15) is 13.2 Å². The van der Waals surface area contributed by atoms with Crippen molar-refractivity contribution >= 4 is 33.3 Å². The number of nitrogens with one attached hydrogen (secondary N) is 1. The first-order chi connectivity index (χ1) is 9.79. The molecule has 0 unspecified atom stereocenters. The summed E-state index contributed by atoms with van der Waals surface area (Å²) in [5.74, 6) is -0.954. The molecule has 1 heterocycles. The average Bonchev–Trinajstić information content (AvgIpc) is 2.71. The summed E-state index contributed by atoms with van der Waals surface area (Å²) < 4.78 is 28.0. The Bertz CT molecular complexity index is 749. The summed E-state index contributed by atoms with van der Waals surface area (Å²) in [6.45, 7) is 0. The summed E-state index contributed by atoms with van der Waals surface area (Å²) in [5.41, 5.74) is 0.880. The van der Waals surface area contributed by atoms with E-state index < -0.39 is 16.0 Å². The summed E-state index contributed by atoms with van der Waals surface area (Å²) in [5, 5.41) is 12.3. The van der Waals surface area contributed by atoms with Gasteiger partial charge in [-0.25, -0.2) is 0 Å². The number of nitrogens with zero attached hydrogens (tertiary/aromatic N) is 2. The average molecular weight is 330 g/mol. The van der Waals surface area contributed by atoms with Gasteiger partial charge in [-0.15, -0.1) is 0 Å². The number of sulfonamides is 1. The normalized spacial score (nSPS) is 11.3. The second-order valence-electron chi connectivity index (χ2n) is 4.29. The smallest absolute Gasteiger partial charge is 0.307 e. The fourth-order valence-corrected chi connectivity index (χ4v) is 3.49. The van der Waals surface area contributed by atoms with Crippen LogP contribution in [-0.2, 0) is 28.3 Å². The van der Waals surface area contributed by atoms with E-state index in [1.165, 1.54) is 37.5 Å². The number of carbonyl (C=O) groups is 1. The Morgan fingerprint density at radius 3 is 2.48 bits per heavy atom. The molecule has 0 saturated heterocycles. The van der Waals surface area contributed by atoms with E-state index >= 15 is 0 Å². The number of carboxylic acid groups (broad SMARTS) is 1. The van der Waals surface area contributed by atoms with Crippen LogP contribution in [0.4, 0.5) is 5.69 Å². The fraction of sp³-hybridized carbons (Fsp3) is 0.167. The number of anilines is 1. The summed E-state index contributed by atoms with van der Waals surface area (Å²) >= 11 is 5.81. The molecule has 0 fully saturated rings. The van der Waals surface area contributed by atoms with Crippen LogP contribution < -0.4 is 4.72 Å². The van der Waals surface area contributed by atoms with Gasteiger partial charge in [0, 0.05) is 12.7 Å². The zero-order valence-electron chi connectivity index (χ0n) is 10.9. The zero-order valence-corrected chi connectivity index (χ0v) is 12.5. The molecule has 9 heteroatoms. The molecule has 21 heavy (non-hydrogen) atoms. The van der Waals surface area contributed by atoms with Crippen LogP contribution in [-0.4, -0.2) is 29.3 Å². The van der Waals surface area contributed by atoms with Crippen molar-refractivity contribution in [1.82, 2.24) is 9.78 Å². The zero-order chi connectivity index (χ0) is 15.6. The first-order valence-electron chi connectivity index (χ1n) is 5.80. The number of hydrogen-bond acceptors (Lipinski definition) is 4. The highest BCUT2D eigenvalue weighted by Gasteiger charge is 2.22. The minimum absolute atomic E-state index is 0.0208. The number of carboxylic acids is 1. The molecule has 0 saturated carbocycles. The predicted molar refractivity (Wildman–Crippen MR) is 76.8 cm³/mol. The van der Waals surface area contributed by atoms with Gasteiger partial charge in [-0.1, -0.05) is 23.7 Å². The van der Waals surface area contributed by atoms with Crippen LogP contribution in [0.15, 0.2) is 35.5 Å². The Morgan fingerprint density at radius 1 is 1.38 bits per heavy atom. The maximum absolute atomic E-state index is 12.2. The topological polar surface area (TPSA) is 101 Å². The quantitative estimate of drug-likeness (QED) is 0.865. The maximum atomic E-state index is 12.2. The van der Waals surface area contributed by atoms with Crippen molar-refractivity contribution in [2.75, 3.05) is 4.72 Å². The Kier molecular flexibility index (Phi) is 4.19. The van der Waals surface area contributed by atoms with Crippen LogP contribution in [0.3, 0.4) is 0 Å². The number of aliphatic carboxylic acids is 1. The van der Waals surface area contributed by atoms with E-state index in [-0.39, 0.29) is 16.5 Å². The highest BCUT2D eigenvalue weighted by Crippen LogP contribution is 2.22. The number of aromatic nitrogens is 2. The Morgan fingerprint density at radius 2 is 2.00 bits per heavy atom. The molecular weight excluding hydrogens is 318 g/mol. The second kappa shape index (κ2) is 5.74. The van der Waals surface area contributed by atoms with Crippen molar-refractivity contribution in [2.45, 2.75) is 11.4 Å². The van der Waals surface area contributed by atoms with Gasteiger partial charge < -0.3 is 5.11 Å². The molecule has 0 amide bonds. The molecule has 1 aromatic heterocycles. The van der Waals surface area contributed by atoms with Crippen molar-refractivity contribution in [1.29, 1.82) is 0 Å². The van der Waals surface area contributed by atoms with Gasteiger partial charge in [0.1, 0.15) is 0 Å². The van der Waals surface area contributed by atoms with Gasteiger partial charge in [-0.05, 0) is 17.7 Å². The lowest BCUT2D eigenvalue weighted by Crippen LogP contribution is -2.17. The standard InChI is InChI=1S/C12H12ClN3O4S/c1-16-12(10(13)7-14-16)21(19,20)15-9-4-2-8(3-5-9)6-11(17)18/h2-5,7,15H,6H2,1H3,(H,17,18). The lowest BCUT2D eigenvalue weighted by atomic mass is 10.1. The van der Waals surface area contributed by atoms with Crippen LogP contribution in [0.2, 0.25) is 5.02 Å². The number of halogens is 1. The highest BCUT2D eigenvalue weighted by atomic mass is 35.5. The SMILES string of the molecule is Cn1ncc(Cl)c1S(=O)(=O)Nc1ccc(CC(=O)O)cc1. The summed E-state index contributed by atoms with van der Waals surface area (Å²) in [6, 6.07) is 6.05. The molecule has 0 bridgehead atoms. The molecule has 0 atom stereocenters. The minimum atomic E-state index is -3.87. The largest absolute Gasteiger partial charge is 0.481 e. The van der Waals surface area contributed by atoms with E-state index in [2.05, 4.69) is 9.82 Å². The molecule has 7 nitrogen and oxygen atoms in total. The van der Waals surface area contributed by atoms with Crippen molar-refractivity contribution < 1.29 is 18.3 Å². The molecule has 0 radical (unpaired) electrons. The highest BCUT2D eigenvalue weighted by molar-refractivity contribution is 7.92. The maximum Gasteiger partial charge on any atom is 0.307 e. The number of rotatable bonds is 5. The van der Waals surface area contributed by atoms with E-state index in [1.807, 2.05) is 0 Å². The van der Waals surface area contributed by atoms with Crippen molar-refractivity contribution in [3.63, 3.8) is 0 Å². The summed E-state index contributed by atoms with van der Waals surface area (Å²) in [6.07, 6.45) is 1.12. The number of benzene rings is 1. The van der Waals surface area contributed by atoms with E-state index in [1.54, 1.807) is 0 Å². The van der Waals surface area contributed by atoms with Crippen molar-refractivity contribution in [2.24, 2.45) is 7.05 Å². The third-order valence-corrected chi connectivity index (χ3v) is 4.54. The van der Waals surface area contributed by atoms with Gasteiger partial charge >= 0.3 is 5.97 Å². The van der Waals surface area contributed by atoms with E-state index in [4.69, 9.17) is 16.7 Å². The molecule has 0 spiro atoms. The second-order valence-corrected chi connectivity index (χ2v) is 6.30. The molecule has 0 aliphatic carbocycles. The summed E-state index contributed by atoms with van der Waals surface area (Å²) in [7, 11) is -2.40. The molecule has 2 aromatic rings. The Hall–Kier alpha value is -2.06. The Labute approximate surface area is 126 Å². The van der Waals surface area contributed by atoms with Crippen LogP contribution in [0.5, 0.6) is 0 Å². The molecule has 2 rings (SSSR count). The van der Waals surface area contributed by atoms with Crippen LogP contribution in [0, 0.1) is 0 Å². The van der Waals surface area contributed by atoms with Crippen LogP contribution in [0.1, 0.15) is 5.56 Å². The molecule has 0 aliphatic rings. The third kappa shape index (κ3) is 3.53. The molecular formula is C12H12ClN3O4S. The summed E-state index contributed by atoms with van der Waals surface area (Å²) in [4.78, 5) is 10.6.